The molecule has 0 aromatic carbocycles. The normalized spacial score (nSPS) is 31.7. The van der Waals surface area contributed by atoms with E-state index in [1.807, 2.05) is 0 Å². The average molecular weight is 212 g/mol. The molecule has 1 heterocycles. The van der Waals surface area contributed by atoms with Crippen molar-refractivity contribution in [2.45, 2.75) is 25.7 Å². The number of amides is 2. The summed E-state index contributed by atoms with van der Waals surface area (Å²) in [6.45, 7) is 1.96. The maximum atomic E-state index is 10.9. The number of nitrogens with two attached hydrogens (primary N) is 1. The first-order valence-corrected chi connectivity index (χ1v) is 5.87. The number of urea groups is 1. The van der Waals surface area contributed by atoms with Gasteiger partial charge >= 0.3 is 6.03 Å². The molecule has 0 radical (unpaired) electrons. The van der Waals surface area contributed by atoms with Crippen molar-refractivity contribution in [2.75, 3.05) is 19.7 Å². The van der Waals surface area contributed by atoms with Crippen molar-refractivity contribution < 1.29 is 9.90 Å². The number of primary amides is 1. The van der Waals surface area contributed by atoms with Crippen molar-refractivity contribution in [1.29, 1.82) is 0 Å². The zero-order chi connectivity index (χ0) is 10.8. The number of likely N-dealkylation sites (tertiary alicyclic amines) is 1. The van der Waals surface area contributed by atoms with Crippen molar-refractivity contribution in [3.63, 3.8) is 0 Å². The standard InChI is InChI=1S/C11H20N2O2/c12-11(15)13-4-1-8(2-5-13)10-7-9(10)3-6-14/h8-10,14H,1-7H2,(H2,12,15)/t9-,10?/m1/s1. The van der Waals surface area contributed by atoms with Crippen LogP contribution in [0.1, 0.15) is 25.7 Å². The van der Waals surface area contributed by atoms with Crippen LogP contribution in [0.2, 0.25) is 0 Å². The minimum atomic E-state index is -0.281. The van der Waals surface area contributed by atoms with Crippen LogP contribution in [0.15, 0.2) is 0 Å². The molecular weight excluding hydrogens is 192 g/mol. The van der Waals surface area contributed by atoms with Crippen LogP contribution in [0.5, 0.6) is 0 Å². The van der Waals surface area contributed by atoms with E-state index in [9.17, 15) is 4.79 Å². The van der Waals surface area contributed by atoms with Gasteiger partial charge in [-0.25, -0.2) is 4.79 Å². The van der Waals surface area contributed by atoms with Gasteiger partial charge in [-0.15, -0.1) is 0 Å². The first-order chi connectivity index (χ1) is 7.22. The molecular formula is C11H20N2O2. The van der Waals surface area contributed by atoms with E-state index in [0.29, 0.717) is 6.61 Å². The molecule has 4 nitrogen and oxygen atoms in total. The molecule has 2 fully saturated rings. The van der Waals surface area contributed by atoms with Gasteiger partial charge < -0.3 is 15.7 Å². The number of aliphatic hydroxyl groups excluding tert-OH is 1. The van der Waals surface area contributed by atoms with Crippen LogP contribution in [-0.4, -0.2) is 35.7 Å². The van der Waals surface area contributed by atoms with Crippen LogP contribution in [-0.2, 0) is 0 Å². The highest BCUT2D eigenvalue weighted by Crippen LogP contribution is 2.49. The lowest BCUT2D eigenvalue weighted by Gasteiger charge is -2.31. The van der Waals surface area contributed by atoms with E-state index in [4.69, 9.17) is 10.8 Å². The monoisotopic (exact) mass is 212 g/mol. The van der Waals surface area contributed by atoms with E-state index < -0.39 is 0 Å². The van der Waals surface area contributed by atoms with Gasteiger partial charge in [-0.3, -0.25) is 0 Å². The lowest BCUT2D eigenvalue weighted by Crippen LogP contribution is -2.42. The number of carbonyl (C=O) groups excluding carboxylic acids is 1. The van der Waals surface area contributed by atoms with Crippen LogP contribution in [0, 0.1) is 17.8 Å². The Labute approximate surface area is 90.4 Å². The fraction of sp³-hybridized carbons (Fsp3) is 0.909. The van der Waals surface area contributed by atoms with Gasteiger partial charge in [0, 0.05) is 19.7 Å². The number of aliphatic hydroxyl groups is 1. The minimum absolute atomic E-state index is 0.281. The summed E-state index contributed by atoms with van der Waals surface area (Å²) in [5.41, 5.74) is 5.23. The number of rotatable bonds is 3. The summed E-state index contributed by atoms with van der Waals surface area (Å²) in [6, 6.07) is -0.281. The first kappa shape index (κ1) is 10.7. The predicted octanol–water partition coefficient (Wildman–Crippen LogP) is 0.796. The zero-order valence-electron chi connectivity index (χ0n) is 9.06. The van der Waals surface area contributed by atoms with Gasteiger partial charge in [0.15, 0.2) is 0 Å². The smallest absolute Gasteiger partial charge is 0.314 e. The highest BCUT2D eigenvalue weighted by molar-refractivity contribution is 5.72. The van der Waals surface area contributed by atoms with Crippen LogP contribution >= 0.6 is 0 Å². The van der Waals surface area contributed by atoms with Gasteiger partial charge in [0.05, 0.1) is 0 Å². The molecule has 1 saturated heterocycles. The Balaban J connectivity index is 1.73. The summed E-state index contributed by atoms with van der Waals surface area (Å²) in [5, 5.41) is 8.84. The molecule has 2 rings (SSSR count). The third-order valence-corrected chi connectivity index (χ3v) is 3.93. The van der Waals surface area contributed by atoms with Gasteiger partial charge in [-0.1, -0.05) is 0 Å². The number of hydrogen-bond acceptors (Lipinski definition) is 2. The highest BCUT2D eigenvalue weighted by Gasteiger charge is 2.42. The van der Waals surface area contributed by atoms with E-state index in [-0.39, 0.29) is 6.03 Å². The summed E-state index contributed by atoms with van der Waals surface area (Å²) in [7, 11) is 0. The van der Waals surface area contributed by atoms with E-state index in [2.05, 4.69) is 0 Å². The van der Waals surface area contributed by atoms with Gasteiger partial charge in [0.1, 0.15) is 0 Å². The van der Waals surface area contributed by atoms with Crippen LogP contribution in [0.25, 0.3) is 0 Å². The van der Waals surface area contributed by atoms with E-state index in [1.165, 1.54) is 6.42 Å². The summed E-state index contributed by atoms with van der Waals surface area (Å²) in [6.07, 6.45) is 4.42. The van der Waals surface area contributed by atoms with E-state index >= 15 is 0 Å². The Morgan fingerprint density at radius 1 is 1.40 bits per heavy atom. The van der Waals surface area contributed by atoms with Crippen molar-refractivity contribution in [2.24, 2.45) is 23.5 Å². The molecule has 3 N–H and O–H groups in total. The lowest BCUT2D eigenvalue weighted by molar-refractivity contribution is 0.169. The summed E-state index contributed by atoms with van der Waals surface area (Å²) < 4.78 is 0. The fourth-order valence-corrected chi connectivity index (χ4v) is 2.89. The molecule has 1 aliphatic carbocycles. The fourth-order valence-electron chi connectivity index (χ4n) is 2.89. The maximum absolute atomic E-state index is 10.9. The molecule has 15 heavy (non-hydrogen) atoms. The van der Waals surface area contributed by atoms with Crippen molar-refractivity contribution in [3.8, 4) is 0 Å². The van der Waals surface area contributed by atoms with Crippen molar-refractivity contribution in [1.82, 2.24) is 4.90 Å². The quantitative estimate of drug-likeness (QED) is 0.726. The molecule has 0 bridgehead atoms. The SMILES string of the molecule is NC(=O)N1CCC(C2C[C@H]2CCO)CC1. The van der Waals surface area contributed by atoms with Crippen molar-refractivity contribution >= 4 is 6.03 Å². The molecule has 2 amide bonds. The summed E-state index contributed by atoms with van der Waals surface area (Å²) in [4.78, 5) is 12.7. The Hall–Kier alpha value is -0.770. The Kier molecular flexibility index (Phi) is 3.14. The minimum Gasteiger partial charge on any atom is -0.396 e. The Morgan fingerprint density at radius 3 is 2.60 bits per heavy atom. The van der Waals surface area contributed by atoms with Gasteiger partial charge in [0.25, 0.3) is 0 Å². The number of carbonyl (C=O) groups is 1. The molecule has 86 valence electrons. The number of hydrogen-bond donors (Lipinski definition) is 2. The second kappa shape index (κ2) is 4.39. The predicted molar refractivity (Wildman–Crippen MR) is 57.2 cm³/mol. The zero-order valence-corrected chi connectivity index (χ0v) is 9.06. The van der Waals surface area contributed by atoms with Crippen LogP contribution in [0.3, 0.4) is 0 Å². The molecule has 2 aliphatic rings. The van der Waals surface area contributed by atoms with E-state index in [1.54, 1.807) is 4.90 Å². The molecule has 0 aromatic heterocycles. The molecule has 2 atom stereocenters. The third-order valence-electron chi connectivity index (χ3n) is 3.93. The second-order valence-corrected chi connectivity index (χ2v) is 4.83. The Bertz CT molecular complexity index is 237. The van der Waals surface area contributed by atoms with Gasteiger partial charge in [0.2, 0.25) is 0 Å². The lowest BCUT2D eigenvalue weighted by atomic mass is 9.90. The molecule has 0 spiro atoms. The van der Waals surface area contributed by atoms with E-state index in [0.717, 1.165) is 50.1 Å². The molecule has 0 aromatic rings. The topological polar surface area (TPSA) is 66.6 Å². The third kappa shape index (κ3) is 2.43. The van der Waals surface area contributed by atoms with Crippen LogP contribution < -0.4 is 5.73 Å². The molecule has 4 heteroatoms. The van der Waals surface area contributed by atoms with Crippen LogP contribution in [0.4, 0.5) is 4.79 Å². The largest absolute Gasteiger partial charge is 0.396 e. The second-order valence-electron chi connectivity index (χ2n) is 4.83. The molecule has 1 unspecified atom stereocenters. The Morgan fingerprint density at radius 2 is 2.07 bits per heavy atom. The molecule has 1 aliphatic heterocycles. The van der Waals surface area contributed by atoms with Crippen molar-refractivity contribution in [3.05, 3.63) is 0 Å². The number of nitrogens with zero attached hydrogens (tertiary/aromatic N) is 1. The average Bonchev–Trinajstić information content (AvgIpc) is 2.98. The maximum Gasteiger partial charge on any atom is 0.314 e. The number of piperidine rings is 1. The summed E-state index contributed by atoms with van der Waals surface area (Å²) in [5.74, 6) is 2.32. The van der Waals surface area contributed by atoms with Gasteiger partial charge in [-0.05, 0) is 43.4 Å². The first-order valence-electron chi connectivity index (χ1n) is 5.87. The highest BCUT2D eigenvalue weighted by atomic mass is 16.3. The molecule has 1 saturated carbocycles. The summed E-state index contributed by atoms with van der Waals surface area (Å²) >= 11 is 0. The van der Waals surface area contributed by atoms with Gasteiger partial charge in [-0.2, -0.15) is 0 Å².